The number of cyclic esters (lactones) is 1. The van der Waals surface area contributed by atoms with E-state index in [0.717, 1.165) is 23.1 Å². The Morgan fingerprint density at radius 2 is 1.35 bits per heavy atom. The molecular formula is C26H16BrF10NO2. The third-order valence-electron chi connectivity index (χ3n) is 6.32. The molecule has 14 heteroatoms. The molecule has 0 aliphatic carbocycles. The Morgan fingerprint density at radius 1 is 0.775 bits per heavy atom. The molecule has 0 N–H and O–H groups in total. The molecule has 0 radical (unpaired) electrons. The lowest BCUT2D eigenvalue weighted by Crippen LogP contribution is -2.32. The fraction of sp³-hybridized carbons (Fsp3) is 0.269. The van der Waals surface area contributed by atoms with E-state index in [1.807, 2.05) is 0 Å². The second kappa shape index (κ2) is 10.3. The van der Waals surface area contributed by atoms with Crippen LogP contribution in [-0.4, -0.2) is 17.0 Å². The van der Waals surface area contributed by atoms with Gasteiger partial charge >= 0.3 is 24.6 Å². The quantitative estimate of drug-likeness (QED) is 0.265. The summed E-state index contributed by atoms with van der Waals surface area (Å²) in [4.78, 5) is 13.6. The minimum absolute atomic E-state index is 0.0197. The molecule has 214 valence electrons. The van der Waals surface area contributed by atoms with Gasteiger partial charge in [-0.25, -0.2) is 9.18 Å². The summed E-state index contributed by atoms with van der Waals surface area (Å²) in [7, 11) is 0. The zero-order chi connectivity index (χ0) is 29.8. The smallest absolute Gasteiger partial charge is 0.416 e. The van der Waals surface area contributed by atoms with Crippen LogP contribution in [0.2, 0.25) is 0 Å². The van der Waals surface area contributed by atoms with Crippen molar-refractivity contribution in [2.45, 2.75) is 44.1 Å². The number of carbonyl (C=O) groups excluding carboxylic acids is 1. The maximum Gasteiger partial charge on any atom is 0.416 e. The van der Waals surface area contributed by atoms with Gasteiger partial charge in [0.25, 0.3) is 0 Å². The highest BCUT2D eigenvalue weighted by atomic mass is 79.9. The van der Waals surface area contributed by atoms with Gasteiger partial charge in [-0.05, 0) is 72.1 Å². The highest BCUT2D eigenvalue weighted by Gasteiger charge is 2.43. The summed E-state index contributed by atoms with van der Waals surface area (Å²) in [6.45, 7) is 0.642. The number of alkyl halides is 9. The Labute approximate surface area is 228 Å². The number of hydrogen-bond acceptors (Lipinski definition) is 2. The number of ether oxygens (including phenoxy) is 1. The average molecular weight is 644 g/mol. The SMILES string of the molecule is C[C@H]1C(c2cc(C(F)(F)F)cc(C(F)(F)F)c2)OC(=O)N1Cc1cc(C(F)(F)F)ccc1-c1cc(Br)ccc1F. The van der Waals surface area contributed by atoms with Crippen molar-refractivity contribution in [3.63, 3.8) is 0 Å². The second-order valence-corrected chi connectivity index (χ2v) is 9.92. The molecule has 1 amide bonds. The lowest BCUT2D eigenvalue weighted by atomic mass is 9.95. The van der Waals surface area contributed by atoms with Gasteiger partial charge < -0.3 is 4.74 Å². The Morgan fingerprint density at radius 3 is 1.90 bits per heavy atom. The summed E-state index contributed by atoms with van der Waals surface area (Å²) in [5.41, 5.74) is -5.28. The van der Waals surface area contributed by atoms with E-state index in [1.54, 1.807) is 0 Å². The molecule has 1 fully saturated rings. The van der Waals surface area contributed by atoms with E-state index >= 15 is 0 Å². The lowest BCUT2D eigenvalue weighted by Gasteiger charge is -2.24. The van der Waals surface area contributed by atoms with E-state index in [4.69, 9.17) is 4.74 Å². The molecule has 2 atom stereocenters. The molecule has 1 saturated heterocycles. The van der Waals surface area contributed by atoms with Crippen molar-refractivity contribution in [3.8, 4) is 11.1 Å². The molecule has 40 heavy (non-hydrogen) atoms. The van der Waals surface area contributed by atoms with Crippen molar-refractivity contribution in [1.82, 2.24) is 4.90 Å². The molecular weight excluding hydrogens is 628 g/mol. The van der Waals surface area contributed by atoms with Gasteiger partial charge in [0, 0.05) is 10.0 Å². The van der Waals surface area contributed by atoms with E-state index in [9.17, 15) is 48.7 Å². The second-order valence-electron chi connectivity index (χ2n) is 9.01. The number of benzene rings is 3. The molecule has 0 spiro atoms. The average Bonchev–Trinajstić information content (AvgIpc) is 3.12. The fourth-order valence-corrected chi connectivity index (χ4v) is 4.71. The zero-order valence-corrected chi connectivity index (χ0v) is 21.6. The first kappa shape index (κ1) is 29.7. The number of rotatable bonds is 4. The lowest BCUT2D eigenvalue weighted by molar-refractivity contribution is -0.143. The van der Waals surface area contributed by atoms with Crippen molar-refractivity contribution in [1.29, 1.82) is 0 Å². The zero-order valence-electron chi connectivity index (χ0n) is 20.0. The van der Waals surface area contributed by atoms with Crippen LogP contribution < -0.4 is 0 Å². The monoisotopic (exact) mass is 643 g/mol. The summed E-state index contributed by atoms with van der Waals surface area (Å²) < 4.78 is 141. The third-order valence-corrected chi connectivity index (χ3v) is 6.82. The largest absolute Gasteiger partial charge is 0.439 e. The van der Waals surface area contributed by atoms with Crippen LogP contribution in [0.5, 0.6) is 0 Å². The van der Waals surface area contributed by atoms with E-state index in [2.05, 4.69) is 15.9 Å². The van der Waals surface area contributed by atoms with Gasteiger partial charge in [0.15, 0.2) is 0 Å². The number of amides is 1. The van der Waals surface area contributed by atoms with Gasteiger partial charge in [-0.3, -0.25) is 4.90 Å². The molecule has 1 unspecified atom stereocenters. The predicted molar refractivity (Wildman–Crippen MR) is 125 cm³/mol. The van der Waals surface area contributed by atoms with Gasteiger partial charge in [-0.1, -0.05) is 22.0 Å². The molecule has 4 rings (SSSR count). The molecule has 3 aromatic carbocycles. The first-order valence-corrected chi connectivity index (χ1v) is 12.1. The van der Waals surface area contributed by atoms with Crippen LogP contribution in [-0.2, 0) is 29.8 Å². The number of nitrogens with zero attached hydrogens (tertiary/aromatic N) is 1. The number of carbonyl (C=O) groups is 1. The van der Waals surface area contributed by atoms with Crippen molar-refractivity contribution in [2.24, 2.45) is 0 Å². The summed E-state index contributed by atoms with van der Waals surface area (Å²) in [6.07, 6.45) is -17.9. The van der Waals surface area contributed by atoms with Crippen molar-refractivity contribution in [3.05, 3.63) is 92.7 Å². The molecule has 0 bridgehead atoms. The minimum atomic E-state index is -5.15. The van der Waals surface area contributed by atoms with Gasteiger partial charge in [-0.15, -0.1) is 0 Å². The van der Waals surface area contributed by atoms with Crippen LogP contribution in [0, 0.1) is 5.82 Å². The van der Waals surface area contributed by atoms with E-state index in [1.165, 1.54) is 19.1 Å². The number of hydrogen-bond donors (Lipinski definition) is 0. The fourth-order valence-electron chi connectivity index (χ4n) is 4.35. The molecule has 1 aliphatic heterocycles. The normalized spacial score (nSPS) is 18.3. The maximum absolute atomic E-state index is 14.7. The first-order chi connectivity index (χ1) is 18.4. The molecule has 1 aliphatic rings. The Balaban J connectivity index is 1.77. The summed E-state index contributed by atoms with van der Waals surface area (Å²) >= 11 is 3.15. The molecule has 3 nitrogen and oxygen atoms in total. The highest BCUT2D eigenvalue weighted by molar-refractivity contribution is 9.10. The molecule has 3 aromatic rings. The predicted octanol–water partition coefficient (Wildman–Crippen LogP) is 9.39. The van der Waals surface area contributed by atoms with Gasteiger partial charge in [-0.2, -0.15) is 39.5 Å². The van der Waals surface area contributed by atoms with Gasteiger partial charge in [0.1, 0.15) is 11.9 Å². The van der Waals surface area contributed by atoms with Crippen LogP contribution in [0.3, 0.4) is 0 Å². The first-order valence-electron chi connectivity index (χ1n) is 11.3. The molecule has 0 saturated carbocycles. The van der Waals surface area contributed by atoms with Crippen LogP contribution in [0.4, 0.5) is 48.7 Å². The topological polar surface area (TPSA) is 29.5 Å². The van der Waals surface area contributed by atoms with Crippen LogP contribution in [0.25, 0.3) is 11.1 Å². The van der Waals surface area contributed by atoms with Crippen LogP contribution in [0.15, 0.2) is 59.1 Å². The van der Waals surface area contributed by atoms with Crippen molar-refractivity contribution >= 4 is 22.0 Å². The highest BCUT2D eigenvalue weighted by Crippen LogP contribution is 2.42. The standard InChI is InChI=1S/C26H16BrF10NO2/c1-12-22(13-6-16(25(32,33)34)9-17(7-13)26(35,36)37)40-23(39)38(12)11-14-8-15(24(29,30)31)2-4-19(14)20-10-18(27)3-5-21(20)28/h2-10,12,22H,11H2,1H3/t12-,22?/m0/s1. The van der Waals surface area contributed by atoms with Crippen LogP contribution >= 0.6 is 15.9 Å². The minimum Gasteiger partial charge on any atom is -0.439 e. The third kappa shape index (κ3) is 6.06. The Hall–Kier alpha value is -3.29. The maximum atomic E-state index is 14.7. The van der Waals surface area contributed by atoms with E-state index in [0.29, 0.717) is 22.7 Å². The van der Waals surface area contributed by atoms with Crippen molar-refractivity contribution < 1.29 is 53.4 Å². The summed E-state index contributed by atoms with van der Waals surface area (Å²) in [5.74, 6) is -0.789. The Bertz CT molecular complexity index is 1420. The van der Waals surface area contributed by atoms with Gasteiger partial charge in [0.2, 0.25) is 0 Å². The summed E-state index contributed by atoms with van der Waals surface area (Å²) in [6, 6.07) is 5.68. The molecule has 1 heterocycles. The van der Waals surface area contributed by atoms with Crippen molar-refractivity contribution in [2.75, 3.05) is 0 Å². The van der Waals surface area contributed by atoms with E-state index in [-0.39, 0.29) is 22.8 Å². The molecule has 0 aromatic heterocycles. The van der Waals surface area contributed by atoms with Gasteiger partial charge in [0.05, 0.1) is 29.3 Å². The summed E-state index contributed by atoms with van der Waals surface area (Å²) in [5, 5.41) is 0. The van der Waals surface area contributed by atoms with Crippen LogP contribution in [0.1, 0.15) is 40.8 Å². The Kier molecular flexibility index (Phi) is 7.63. The number of halogens is 11. The van der Waals surface area contributed by atoms with E-state index < -0.39 is 71.4 Å².